The number of rotatable bonds is 13. The molecule has 0 aromatic heterocycles. The average Bonchev–Trinajstić information content (AvgIpc) is 2.39. The van der Waals surface area contributed by atoms with Crippen molar-refractivity contribution in [3.05, 3.63) is 0 Å². The van der Waals surface area contributed by atoms with Crippen molar-refractivity contribution in [2.75, 3.05) is 32.9 Å². The molecule has 21 heavy (non-hydrogen) atoms. The van der Waals surface area contributed by atoms with Gasteiger partial charge in [0.15, 0.2) is 0 Å². The summed E-state index contributed by atoms with van der Waals surface area (Å²) in [6.45, 7) is 14.0. The summed E-state index contributed by atoms with van der Waals surface area (Å²) in [7, 11) is -2.53. The van der Waals surface area contributed by atoms with Gasteiger partial charge < -0.3 is 30.5 Å². The fourth-order valence-electron chi connectivity index (χ4n) is 2.17. The van der Waals surface area contributed by atoms with Gasteiger partial charge in [-0.1, -0.05) is 6.92 Å². The van der Waals surface area contributed by atoms with E-state index in [1.807, 2.05) is 20.8 Å². The highest BCUT2D eigenvalue weighted by Crippen LogP contribution is 2.23. The number of nitrogens with one attached hydrogen (secondary N) is 1. The third-order valence-electron chi connectivity index (χ3n) is 3.37. The molecule has 6 nitrogen and oxygen atoms in total. The van der Waals surface area contributed by atoms with Crippen LogP contribution in [0.2, 0.25) is 6.04 Å². The van der Waals surface area contributed by atoms with Crippen LogP contribution in [-0.4, -0.2) is 47.8 Å². The van der Waals surface area contributed by atoms with Crippen molar-refractivity contribution in [1.82, 2.24) is 11.5 Å². The highest BCUT2D eigenvalue weighted by atomic mass is 28.4. The maximum absolute atomic E-state index is 5.90. The van der Waals surface area contributed by atoms with Crippen LogP contribution >= 0.6 is 0 Å². The van der Waals surface area contributed by atoms with Crippen molar-refractivity contribution in [2.24, 2.45) is 11.7 Å². The minimum atomic E-state index is -2.53. The zero-order valence-electron chi connectivity index (χ0n) is 14.6. The molecule has 2 atom stereocenters. The second-order valence-corrected chi connectivity index (χ2v) is 7.69. The molecule has 0 aliphatic rings. The number of hydrogen-bond donors (Lipinski definition) is 3. The number of nitrogens with two attached hydrogens (primary N) is 1. The zero-order valence-corrected chi connectivity index (χ0v) is 15.6. The van der Waals surface area contributed by atoms with Gasteiger partial charge in [0, 0.05) is 31.9 Å². The molecule has 0 aliphatic carbocycles. The summed E-state index contributed by atoms with van der Waals surface area (Å²) < 4.78 is 17.7. The maximum Gasteiger partial charge on any atom is 0.501 e. The van der Waals surface area contributed by atoms with E-state index in [9.17, 15) is 0 Å². The molecule has 0 aromatic carbocycles. The Morgan fingerprint density at radius 3 is 1.86 bits per heavy atom. The third kappa shape index (κ3) is 9.57. The summed E-state index contributed by atoms with van der Waals surface area (Å²) >= 11 is 0. The van der Waals surface area contributed by atoms with Gasteiger partial charge in [0.1, 0.15) is 0 Å². The molecule has 0 bridgehead atoms. The van der Waals surface area contributed by atoms with E-state index in [1.165, 1.54) is 0 Å². The highest BCUT2D eigenvalue weighted by molar-refractivity contribution is 6.60. The minimum absolute atomic E-state index is 0. The van der Waals surface area contributed by atoms with Crippen LogP contribution in [0.15, 0.2) is 0 Å². The first-order valence-corrected chi connectivity index (χ1v) is 9.83. The van der Waals surface area contributed by atoms with Crippen LogP contribution in [0.3, 0.4) is 0 Å². The van der Waals surface area contributed by atoms with Crippen LogP contribution in [0.1, 0.15) is 41.0 Å². The molecular formula is C14H37N3O3Si. The monoisotopic (exact) mass is 323 g/mol. The summed E-state index contributed by atoms with van der Waals surface area (Å²) in [4.78, 5) is 0. The summed E-state index contributed by atoms with van der Waals surface area (Å²) in [6.07, 6.45) is 1.00. The lowest BCUT2D eigenvalue weighted by Gasteiger charge is -2.32. The summed E-state index contributed by atoms with van der Waals surface area (Å²) in [6, 6.07) is 1.24. The minimum Gasteiger partial charge on any atom is -0.374 e. The standard InChI is InChI=1S/C14H34N2O3Si.H3N/c1-6-17-20(18-7-2,19-8-3)12-13(4)14(5)16-11-9-10-15;/h13-14,16H,6-12,15H2,1-5H3;1H3. The van der Waals surface area contributed by atoms with Crippen LogP contribution in [0, 0.1) is 5.92 Å². The summed E-state index contributed by atoms with van der Waals surface area (Å²) in [5.41, 5.74) is 5.52. The fourth-order valence-corrected chi connectivity index (χ4v) is 5.23. The largest absolute Gasteiger partial charge is 0.501 e. The van der Waals surface area contributed by atoms with Crippen molar-refractivity contribution < 1.29 is 13.3 Å². The van der Waals surface area contributed by atoms with Gasteiger partial charge in [-0.2, -0.15) is 0 Å². The summed E-state index contributed by atoms with van der Waals surface area (Å²) in [5, 5.41) is 3.51. The van der Waals surface area contributed by atoms with Gasteiger partial charge in [-0.25, -0.2) is 0 Å². The van der Waals surface area contributed by atoms with Gasteiger partial charge >= 0.3 is 8.80 Å². The Morgan fingerprint density at radius 1 is 1.00 bits per heavy atom. The van der Waals surface area contributed by atoms with E-state index in [2.05, 4.69) is 19.2 Å². The third-order valence-corrected chi connectivity index (χ3v) is 6.69. The van der Waals surface area contributed by atoms with Crippen LogP contribution in [0.4, 0.5) is 0 Å². The predicted octanol–water partition coefficient (Wildman–Crippen LogP) is 2.16. The molecule has 0 aromatic rings. The molecule has 6 N–H and O–H groups in total. The van der Waals surface area contributed by atoms with Gasteiger partial charge in [0.25, 0.3) is 0 Å². The van der Waals surface area contributed by atoms with E-state index in [4.69, 9.17) is 19.0 Å². The van der Waals surface area contributed by atoms with Gasteiger partial charge in [0.05, 0.1) is 0 Å². The molecule has 0 heterocycles. The lowest BCUT2D eigenvalue weighted by Crippen LogP contribution is -2.49. The van der Waals surface area contributed by atoms with E-state index in [0.717, 1.165) is 25.6 Å². The Kier molecular flexibility index (Phi) is 15.1. The maximum atomic E-state index is 5.90. The molecule has 0 saturated carbocycles. The van der Waals surface area contributed by atoms with Crippen molar-refractivity contribution in [3.63, 3.8) is 0 Å². The number of hydrogen-bond acceptors (Lipinski definition) is 6. The molecule has 7 heteroatoms. The van der Waals surface area contributed by atoms with Crippen molar-refractivity contribution >= 4 is 8.80 Å². The van der Waals surface area contributed by atoms with E-state index in [-0.39, 0.29) is 6.15 Å². The molecule has 0 rings (SSSR count). The first-order chi connectivity index (χ1) is 9.55. The second kappa shape index (κ2) is 13.6. The van der Waals surface area contributed by atoms with E-state index in [1.54, 1.807) is 0 Å². The quantitative estimate of drug-likeness (QED) is 0.355. The van der Waals surface area contributed by atoms with Gasteiger partial charge in [-0.05, 0) is 53.1 Å². The van der Waals surface area contributed by atoms with Crippen molar-refractivity contribution in [1.29, 1.82) is 0 Å². The zero-order chi connectivity index (χ0) is 15.4. The van der Waals surface area contributed by atoms with Crippen molar-refractivity contribution in [2.45, 2.75) is 53.1 Å². The van der Waals surface area contributed by atoms with E-state index >= 15 is 0 Å². The summed E-state index contributed by atoms with van der Waals surface area (Å²) in [5.74, 6) is 0.434. The molecule has 0 spiro atoms. The lowest BCUT2D eigenvalue weighted by molar-refractivity contribution is 0.0662. The van der Waals surface area contributed by atoms with Crippen molar-refractivity contribution in [3.8, 4) is 0 Å². The second-order valence-electron chi connectivity index (χ2n) is 5.05. The molecule has 0 fully saturated rings. The predicted molar refractivity (Wildman–Crippen MR) is 90.8 cm³/mol. The molecule has 130 valence electrons. The molecule has 0 radical (unpaired) electrons. The normalized spacial score (nSPS) is 14.6. The first-order valence-electron chi connectivity index (χ1n) is 7.90. The fraction of sp³-hybridized carbons (Fsp3) is 1.00. The SMILES string of the molecule is CCO[Si](CC(C)C(C)NCCCN)(OCC)OCC.N. The Labute approximate surface area is 132 Å². The first kappa shape index (κ1) is 23.2. The Hall–Kier alpha value is -0.0231. The topological polar surface area (TPSA) is 101 Å². The van der Waals surface area contributed by atoms with Crippen LogP contribution < -0.4 is 17.2 Å². The van der Waals surface area contributed by atoms with E-state index in [0.29, 0.717) is 31.8 Å². The van der Waals surface area contributed by atoms with Crippen LogP contribution in [0.25, 0.3) is 0 Å². The van der Waals surface area contributed by atoms with Gasteiger partial charge in [0.2, 0.25) is 0 Å². The Bertz CT molecular complexity index is 218. The highest BCUT2D eigenvalue weighted by Gasteiger charge is 2.42. The van der Waals surface area contributed by atoms with E-state index < -0.39 is 8.80 Å². The van der Waals surface area contributed by atoms with Crippen LogP contribution in [0.5, 0.6) is 0 Å². The molecular weight excluding hydrogens is 286 g/mol. The van der Waals surface area contributed by atoms with Gasteiger partial charge in [-0.15, -0.1) is 0 Å². The average molecular weight is 324 g/mol. The smallest absolute Gasteiger partial charge is 0.374 e. The lowest BCUT2D eigenvalue weighted by atomic mass is 10.1. The van der Waals surface area contributed by atoms with Crippen LogP contribution in [-0.2, 0) is 13.3 Å². The Morgan fingerprint density at radius 2 is 1.48 bits per heavy atom. The molecule has 0 amide bonds. The molecule has 0 saturated heterocycles. The Balaban J connectivity index is 0. The molecule has 2 unspecified atom stereocenters. The molecule has 0 aliphatic heterocycles. The van der Waals surface area contributed by atoms with Gasteiger partial charge in [-0.3, -0.25) is 0 Å².